The van der Waals surface area contributed by atoms with Crippen molar-refractivity contribution in [3.63, 3.8) is 0 Å². The largest absolute Gasteiger partial charge is 0.355 e. The average Bonchev–Trinajstić information content (AvgIpc) is 3.98. The summed E-state index contributed by atoms with van der Waals surface area (Å²) in [5, 5.41) is 8.89. The number of allylic oxidation sites excluding steroid dienone is 1. The van der Waals surface area contributed by atoms with Crippen molar-refractivity contribution in [2.75, 3.05) is 29.9 Å². The van der Waals surface area contributed by atoms with Gasteiger partial charge in [-0.15, -0.1) is 0 Å². The number of piperidine rings is 1. The van der Waals surface area contributed by atoms with E-state index in [0.717, 1.165) is 79.4 Å². The predicted octanol–water partition coefficient (Wildman–Crippen LogP) is 5.86. The van der Waals surface area contributed by atoms with E-state index in [1.807, 2.05) is 36.1 Å². The lowest BCUT2D eigenvalue weighted by molar-refractivity contribution is -0.137. The van der Waals surface area contributed by atoms with Crippen molar-refractivity contribution in [1.29, 1.82) is 0 Å². The van der Waals surface area contributed by atoms with Gasteiger partial charge in [-0.2, -0.15) is 0 Å². The van der Waals surface area contributed by atoms with Crippen LogP contribution in [0, 0.1) is 0 Å². The third-order valence-electron chi connectivity index (χ3n) is 12.8. The normalized spacial score (nSPS) is 22.4. The summed E-state index contributed by atoms with van der Waals surface area (Å²) in [7, 11) is 0. The first-order valence-corrected chi connectivity index (χ1v) is 22.1. The maximum absolute atomic E-state index is 14.2. The molecule has 0 bridgehead atoms. The van der Waals surface area contributed by atoms with E-state index >= 15 is 0 Å². The molecule has 3 fully saturated rings. The van der Waals surface area contributed by atoms with Crippen LogP contribution in [0.4, 0.5) is 11.6 Å². The van der Waals surface area contributed by atoms with Gasteiger partial charge in [-0.3, -0.25) is 34.1 Å². The molecule has 320 valence electrons. The summed E-state index contributed by atoms with van der Waals surface area (Å²) in [6, 6.07) is 12.5. The summed E-state index contributed by atoms with van der Waals surface area (Å²) < 4.78 is 0. The summed E-state index contributed by atoms with van der Waals surface area (Å²) in [6.07, 6.45) is 14.7. The van der Waals surface area contributed by atoms with Gasteiger partial charge in [0.1, 0.15) is 24.0 Å². The summed E-state index contributed by atoms with van der Waals surface area (Å²) >= 11 is 6.21. The van der Waals surface area contributed by atoms with Crippen molar-refractivity contribution in [2.24, 2.45) is 0 Å². The monoisotopic (exact) mass is 848 g/mol. The van der Waals surface area contributed by atoms with Gasteiger partial charge < -0.3 is 25.3 Å². The number of hydrogen-bond donors (Lipinski definition) is 3. The van der Waals surface area contributed by atoms with Gasteiger partial charge >= 0.3 is 0 Å². The second-order valence-corrected chi connectivity index (χ2v) is 17.4. The number of benzene rings is 2. The highest BCUT2D eigenvalue weighted by Crippen LogP contribution is 2.44. The number of halogens is 1. The number of imide groups is 1. The summed E-state index contributed by atoms with van der Waals surface area (Å²) in [4.78, 5) is 91.4. The van der Waals surface area contributed by atoms with E-state index in [0.29, 0.717) is 55.3 Å². The molecule has 5 atom stereocenters. The van der Waals surface area contributed by atoms with Crippen LogP contribution < -0.4 is 20.9 Å². The molecule has 2 saturated heterocycles. The van der Waals surface area contributed by atoms with Crippen LogP contribution in [-0.2, 0) is 30.5 Å². The standard InChI is InChI=1S/C46H53ClN8O6/c1-28-23-40(58)51-42-41(28)43(50-27-49-42)53-21-22-54(37-24-36(37)53)46(61)33(30-15-17-31(47)18-16-30)25-48-38(56)14-9-7-5-3-2-4-6-8-11-29-12-10-13-32-34(29)26-55(45(32)60)35-19-20-39(57)52-44(35)59/h8,10-13,15-18,27-28,33,35-37H,2-7,9,14,19-26H2,1H3,(H,48,56)(H,52,57,59)(H,49,50,51,58)/b11-8-/t28-,33-,35?,36+,37-/m1/s1. The van der Waals surface area contributed by atoms with Crippen molar-refractivity contribution < 1.29 is 28.8 Å². The van der Waals surface area contributed by atoms with Crippen LogP contribution in [0.3, 0.4) is 0 Å². The number of anilines is 2. The maximum atomic E-state index is 14.2. The van der Waals surface area contributed by atoms with Gasteiger partial charge in [0.15, 0.2) is 0 Å². The Morgan fingerprint density at radius 1 is 0.918 bits per heavy atom. The molecule has 4 aliphatic heterocycles. The minimum atomic E-state index is -0.627. The summed E-state index contributed by atoms with van der Waals surface area (Å²) in [5.74, 6) is -0.116. The fourth-order valence-corrected chi connectivity index (χ4v) is 9.56. The van der Waals surface area contributed by atoms with E-state index in [-0.39, 0.29) is 60.5 Å². The van der Waals surface area contributed by atoms with E-state index in [4.69, 9.17) is 11.6 Å². The molecule has 3 N–H and O–H groups in total. The topological polar surface area (TPSA) is 174 Å². The van der Waals surface area contributed by atoms with Crippen LogP contribution in [-0.4, -0.2) is 93.0 Å². The van der Waals surface area contributed by atoms with E-state index < -0.39 is 17.9 Å². The van der Waals surface area contributed by atoms with Crippen molar-refractivity contribution >= 4 is 64.8 Å². The minimum Gasteiger partial charge on any atom is -0.355 e. The average molecular weight is 849 g/mol. The number of aromatic nitrogens is 2. The molecule has 5 heterocycles. The lowest BCUT2D eigenvalue weighted by Crippen LogP contribution is -2.52. The van der Waals surface area contributed by atoms with Gasteiger partial charge in [-0.25, -0.2) is 9.97 Å². The molecule has 6 amide bonds. The van der Waals surface area contributed by atoms with Gasteiger partial charge in [0.25, 0.3) is 5.91 Å². The third kappa shape index (κ3) is 9.34. The second kappa shape index (κ2) is 18.6. The maximum Gasteiger partial charge on any atom is 0.255 e. The number of fused-ring (bicyclic) bond motifs is 3. The van der Waals surface area contributed by atoms with Gasteiger partial charge in [-0.05, 0) is 72.9 Å². The number of piperazine rings is 1. The minimum absolute atomic E-state index is 0.00259. The molecular formula is C46H53ClN8O6. The lowest BCUT2D eigenvalue weighted by atomic mass is 9.94. The number of unbranched alkanes of at least 4 members (excludes halogenated alkanes) is 6. The molecule has 8 rings (SSSR count). The molecule has 15 heteroatoms. The van der Waals surface area contributed by atoms with E-state index in [1.54, 1.807) is 23.1 Å². The molecule has 1 saturated carbocycles. The van der Waals surface area contributed by atoms with Gasteiger partial charge in [0.05, 0.1) is 18.0 Å². The first-order chi connectivity index (χ1) is 29.6. The van der Waals surface area contributed by atoms with Crippen molar-refractivity contribution in [1.82, 2.24) is 30.4 Å². The Labute approximate surface area is 360 Å². The smallest absolute Gasteiger partial charge is 0.255 e. The van der Waals surface area contributed by atoms with Gasteiger partial charge in [0.2, 0.25) is 29.5 Å². The first-order valence-electron chi connectivity index (χ1n) is 21.7. The zero-order valence-electron chi connectivity index (χ0n) is 34.5. The quantitative estimate of drug-likeness (QED) is 0.118. The van der Waals surface area contributed by atoms with E-state index in [2.05, 4.69) is 43.0 Å². The highest BCUT2D eigenvalue weighted by Gasteiger charge is 2.53. The Kier molecular flexibility index (Phi) is 12.8. The number of nitrogens with zero attached hydrogens (tertiary/aromatic N) is 5. The summed E-state index contributed by atoms with van der Waals surface area (Å²) in [6.45, 7) is 3.73. The Bertz CT molecular complexity index is 2230. The Morgan fingerprint density at radius 2 is 1.70 bits per heavy atom. The Morgan fingerprint density at radius 3 is 2.51 bits per heavy atom. The molecule has 1 aromatic heterocycles. The van der Waals surface area contributed by atoms with Crippen LogP contribution in [0.15, 0.2) is 54.9 Å². The molecule has 14 nitrogen and oxygen atoms in total. The van der Waals surface area contributed by atoms with Gasteiger partial charge in [-0.1, -0.05) is 80.6 Å². The zero-order valence-corrected chi connectivity index (χ0v) is 35.3. The molecule has 2 aromatic carbocycles. The van der Waals surface area contributed by atoms with Crippen LogP contribution in [0.5, 0.6) is 0 Å². The number of carbonyl (C=O) groups is 6. The van der Waals surface area contributed by atoms with Crippen LogP contribution in [0.1, 0.15) is 128 Å². The Hall–Kier alpha value is -5.63. The molecule has 0 radical (unpaired) electrons. The van der Waals surface area contributed by atoms with Crippen molar-refractivity contribution in [2.45, 2.75) is 120 Å². The molecule has 5 aliphatic rings. The SMILES string of the molecule is C[C@@H]1CC(=O)Nc2ncnc(N3CCN(C(=O)[C@H](CNC(=O)CCCCCCCC/C=C\c4cccc5c4CN(C4CCC(=O)NC4=O)C5=O)c4ccc(Cl)cc4)[C@@H]4C[C@@H]43)c21. The molecule has 1 unspecified atom stereocenters. The fourth-order valence-electron chi connectivity index (χ4n) is 9.43. The zero-order chi connectivity index (χ0) is 42.6. The van der Waals surface area contributed by atoms with Gasteiger partial charge in [0, 0.05) is 61.6 Å². The lowest BCUT2D eigenvalue weighted by Gasteiger charge is -2.38. The first kappa shape index (κ1) is 42.1. The molecule has 3 aromatic rings. The number of rotatable bonds is 16. The van der Waals surface area contributed by atoms with Crippen molar-refractivity contribution in [3.8, 4) is 0 Å². The highest BCUT2D eigenvalue weighted by molar-refractivity contribution is 6.30. The molecule has 0 spiro atoms. The van der Waals surface area contributed by atoms with Crippen LogP contribution in [0.2, 0.25) is 5.02 Å². The predicted molar refractivity (Wildman–Crippen MR) is 231 cm³/mol. The number of hydrogen-bond acceptors (Lipinski definition) is 9. The fraction of sp³-hybridized carbons (Fsp3) is 0.478. The van der Waals surface area contributed by atoms with Crippen LogP contribution >= 0.6 is 11.6 Å². The molecule has 61 heavy (non-hydrogen) atoms. The highest BCUT2D eigenvalue weighted by atomic mass is 35.5. The number of nitrogens with one attached hydrogen (secondary N) is 3. The van der Waals surface area contributed by atoms with E-state index in [1.165, 1.54) is 6.33 Å². The number of amides is 6. The van der Waals surface area contributed by atoms with E-state index in [9.17, 15) is 28.8 Å². The Balaban J connectivity index is 0.755. The summed E-state index contributed by atoms with van der Waals surface area (Å²) in [5.41, 5.74) is 4.28. The molecule has 1 aliphatic carbocycles. The third-order valence-corrected chi connectivity index (χ3v) is 13.0. The van der Waals surface area contributed by atoms with Crippen LogP contribution in [0.25, 0.3) is 6.08 Å². The number of carbonyl (C=O) groups excluding carboxylic acids is 6. The second-order valence-electron chi connectivity index (χ2n) is 17.0. The molecular weight excluding hydrogens is 796 g/mol. The van der Waals surface area contributed by atoms with Crippen molar-refractivity contribution in [3.05, 3.63) is 87.7 Å².